The Labute approximate surface area is 111 Å². The number of aliphatic hydroxyl groups excluding tert-OH is 1. The molecule has 2 aromatic rings. The molecule has 0 aliphatic heterocycles. The highest BCUT2D eigenvalue weighted by Crippen LogP contribution is 2.30. The van der Waals surface area contributed by atoms with E-state index in [1.165, 1.54) is 0 Å². The molecule has 2 amide bonds. The van der Waals surface area contributed by atoms with Crippen LogP contribution in [-0.4, -0.2) is 11.1 Å². The second-order valence-corrected chi connectivity index (χ2v) is 4.34. The smallest absolute Gasteiger partial charge is 0.316 e. The van der Waals surface area contributed by atoms with E-state index in [9.17, 15) is 9.90 Å². The normalized spacial score (nSPS) is 11.9. The van der Waals surface area contributed by atoms with Crippen molar-refractivity contribution >= 4 is 11.7 Å². The molecule has 2 aromatic carbocycles. The lowest BCUT2D eigenvalue weighted by atomic mass is 9.99. The van der Waals surface area contributed by atoms with E-state index in [1.54, 1.807) is 19.1 Å². The summed E-state index contributed by atoms with van der Waals surface area (Å²) in [4.78, 5) is 11.0. The van der Waals surface area contributed by atoms with Gasteiger partial charge in [0.15, 0.2) is 0 Å². The largest absolute Gasteiger partial charge is 0.389 e. The summed E-state index contributed by atoms with van der Waals surface area (Å²) in [6, 6.07) is 14.4. The minimum absolute atomic E-state index is 0.565. The maximum Gasteiger partial charge on any atom is 0.316 e. The fraction of sp³-hybridized carbons (Fsp3) is 0.133. The minimum atomic E-state index is -0.609. The molecule has 0 fully saturated rings. The van der Waals surface area contributed by atoms with Crippen LogP contribution >= 0.6 is 0 Å². The van der Waals surface area contributed by atoms with Crippen LogP contribution in [0.5, 0.6) is 0 Å². The molecular formula is C15H16N2O2. The van der Waals surface area contributed by atoms with Crippen LogP contribution in [0.1, 0.15) is 18.6 Å². The predicted octanol–water partition coefficient (Wildman–Crippen LogP) is 2.90. The van der Waals surface area contributed by atoms with E-state index in [0.29, 0.717) is 5.69 Å². The summed E-state index contributed by atoms with van der Waals surface area (Å²) in [6.07, 6.45) is -0.565. The zero-order chi connectivity index (χ0) is 13.8. The first kappa shape index (κ1) is 13.1. The third-order valence-corrected chi connectivity index (χ3v) is 2.87. The summed E-state index contributed by atoms with van der Waals surface area (Å²) < 4.78 is 0. The van der Waals surface area contributed by atoms with E-state index in [-0.39, 0.29) is 0 Å². The Morgan fingerprint density at radius 1 is 1.21 bits per heavy atom. The number of rotatable bonds is 3. The van der Waals surface area contributed by atoms with Crippen molar-refractivity contribution in [3.8, 4) is 11.1 Å². The number of anilines is 1. The number of primary amides is 1. The summed E-state index contributed by atoms with van der Waals surface area (Å²) >= 11 is 0. The SMILES string of the molecule is CC(O)c1ccc(NC(N)=O)c(-c2ccccc2)c1. The van der Waals surface area contributed by atoms with Crippen molar-refractivity contribution in [3.63, 3.8) is 0 Å². The number of hydrogen-bond donors (Lipinski definition) is 3. The van der Waals surface area contributed by atoms with Gasteiger partial charge in [-0.05, 0) is 30.2 Å². The molecule has 4 N–H and O–H groups in total. The lowest BCUT2D eigenvalue weighted by Gasteiger charge is -2.13. The predicted molar refractivity (Wildman–Crippen MR) is 75.7 cm³/mol. The third kappa shape index (κ3) is 3.11. The Hall–Kier alpha value is -2.33. The summed E-state index contributed by atoms with van der Waals surface area (Å²) in [6.45, 7) is 1.70. The van der Waals surface area contributed by atoms with Crippen molar-refractivity contribution in [3.05, 3.63) is 54.1 Å². The van der Waals surface area contributed by atoms with E-state index < -0.39 is 12.1 Å². The van der Waals surface area contributed by atoms with E-state index in [2.05, 4.69) is 5.32 Å². The third-order valence-electron chi connectivity index (χ3n) is 2.87. The highest BCUT2D eigenvalue weighted by Gasteiger charge is 2.10. The molecule has 19 heavy (non-hydrogen) atoms. The van der Waals surface area contributed by atoms with Crippen molar-refractivity contribution in [2.75, 3.05) is 5.32 Å². The van der Waals surface area contributed by atoms with Gasteiger partial charge >= 0.3 is 6.03 Å². The molecule has 2 rings (SSSR count). The zero-order valence-electron chi connectivity index (χ0n) is 10.6. The van der Waals surface area contributed by atoms with Crippen LogP contribution in [0.3, 0.4) is 0 Å². The number of benzene rings is 2. The van der Waals surface area contributed by atoms with E-state index in [4.69, 9.17) is 5.73 Å². The molecule has 4 nitrogen and oxygen atoms in total. The number of nitrogens with one attached hydrogen (secondary N) is 1. The standard InChI is InChI=1S/C15H16N2O2/c1-10(18)12-7-8-14(17-15(16)19)13(9-12)11-5-3-2-4-6-11/h2-10,18H,1H3,(H3,16,17,19). The molecule has 4 heteroatoms. The molecule has 0 spiro atoms. The van der Waals surface area contributed by atoms with Gasteiger partial charge in [0.2, 0.25) is 0 Å². The molecule has 0 saturated heterocycles. The van der Waals surface area contributed by atoms with Gasteiger partial charge < -0.3 is 16.2 Å². The number of amides is 2. The quantitative estimate of drug-likeness (QED) is 0.789. The molecule has 0 aliphatic rings. The Bertz CT molecular complexity index is 580. The van der Waals surface area contributed by atoms with Gasteiger partial charge in [-0.25, -0.2) is 4.79 Å². The second-order valence-electron chi connectivity index (χ2n) is 4.34. The Morgan fingerprint density at radius 3 is 2.47 bits per heavy atom. The van der Waals surface area contributed by atoms with Gasteiger partial charge in [0, 0.05) is 5.56 Å². The Kier molecular flexibility index (Phi) is 3.82. The van der Waals surface area contributed by atoms with E-state index >= 15 is 0 Å². The average Bonchev–Trinajstić information content (AvgIpc) is 2.39. The van der Waals surface area contributed by atoms with Crippen molar-refractivity contribution in [2.45, 2.75) is 13.0 Å². The fourth-order valence-electron chi connectivity index (χ4n) is 1.92. The maximum atomic E-state index is 11.0. The molecule has 0 aromatic heterocycles. The molecule has 98 valence electrons. The summed E-state index contributed by atoms with van der Waals surface area (Å²) in [5, 5.41) is 12.3. The fourth-order valence-corrected chi connectivity index (χ4v) is 1.92. The lowest BCUT2D eigenvalue weighted by molar-refractivity contribution is 0.199. The zero-order valence-corrected chi connectivity index (χ0v) is 10.6. The van der Waals surface area contributed by atoms with Crippen molar-refractivity contribution in [2.24, 2.45) is 5.73 Å². The van der Waals surface area contributed by atoms with Gasteiger partial charge in [0.25, 0.3) is 0 Å². The lowest BCUT2D eigenvalue weighted by Crippen LogP contribution is -2.19. The van der Waals surface area contributed by atoms with Gasteiger partial charge in [-0.2, -0.15) is 0 Å². The highest BCUT2D eigenvalue weighted by atomic mass is 16.3. The van der Waals surface area contributed by atoms with Gasteiger partial charge in [-0.15, -0.1) is 0 Å². The van der Waals surface area contributed by atoms with Crippen molar-refractivity contribution in [1.29, 1.82) is 0 Å². The molecule has 0 bridgehead atoms. The monoisotopic (exact) mass is 256 g/mol. The van der Waals surface area contributed by atoms with Crippen LogP contribution in [0.2, 0.25) is 0 Å². The van der Waals surface area contributed by atoms with Crippen LogP contribution < -0.4 is 11.1 Å². The molecule has 1 unspecified atom stereocenters. The second kappa shape index (κ2) is 5.54. The van der Waals surface area contributed by atoms with Gasteiger partial charge in [-0.1, -0.05) is 36.4 Å². The molecular weight excluding hydrogens is 240 g/mol. The minimum Gasteiger partial charge on any atom is -0.389 e. The van der Waals surface area contributed by atoms with Crippen LogP contribution in [0.4, 0.5) is 10.5 Å². The first-order chi connectivity index (χ1) is 9.08. The van der Waals surface area contributed by atoms with Crippen LogP contribution in [0, 0.1) is 0 Å². The molecule has 0 aliphatic carbocycles. The number of nitrogens with two attached hydrogens (primary N) is 1. The topological polar surface area (TPSA) is 75.3 Å². The molecule has 0 radical (unpaired) electrons. The Morgan fingerprint density at radius 2 is 1.89 bits per heavy atom. The van der Waals surface area contributed by atoms with Crippen LogP contribution in [0.15, 0.2) is 48.5 Å². The Balaban J connectivity index is 2.53. The number of carbonyl (C=O) groups excluding carboxylic acids is 1. The van der Waals surface area contributed by atoms with Crippen LogP contribution in [-0.2, 0) is 0 Å². The van der Waals surface area contributed by atoms with Crippen molar-refractivity contribution < 1.29 is 9.90 Å². The first-order valence-corrected chi connectivity index (χ1v) is 6.02. The van der Waals surface area contributed by atoms with Crippen LogP contribution in [0.25, 0.3) is 11.1 Å². The summed E-state index contributed by atoms with van der Waals surface area (Å²) in [5.74, 6) is 0. The summed E-state index contributed by atoms with van der Waals surface area (Å²) in [5.41, 5.74) is 8.37. The average molecular weight is 256 g/mol. The summed E-state index contributed by atoms with van der Waals surface area (Å²) in [7, 11) is 0. The highest BCUT2D eigenvalue weighted by molar-refractivity contribution is 5.93. The molecule has 0 saturated carbocycles. The number of hydrogen-bond acceptors (Lipinski definition) is 2. The first-order valence-electron chi connectivity index (χ1n) is 6.02. The van der Waals surface area contributed by atoms with Gasteiger partial charge in [-0.3, -0.25) is 0 Å². The van der Waals surface area contributed by atoms with Gasteiger partial charge in [0.05, 0.1) is 11.8 Å². The van der Waals surface area contributed by atoms with E-state index in [0.717, 1.165) is 16.7 Å². The van der Waals surface area contributed by atoms with Gasteiger partial charge in [0.1, 0.15) is 0 Å². The molecule has 1 atom stereocenters. The number of urea groups is 1. The number of carbonyl (C=O) groups is 1. The number of aliphatic hydroxyl groups is 1. The van der Waals surface area contributed by atoms with E-state index in [1.807, 2.05) is 36.4 Å². The maximum absolute atomic E-state index is 11.0. The van der Waals surface area contributed by atoms with Crippen molar-refractivity contribution in [1.82, 2.24) is 0 Å². The molecule has 0 heterocycles.